The summed E-state index contributed by atoms with van der Waals surface area (Å²) in [7, 11) is 0. The van der Waals surface area contributed by atoms with Gasteiger partial charge in [-0.15, -0.1) is 5.75 Å². The van der Waals surface area contributed by atoms with Crippen LogP contribution in [0.4, 0.5) is 0 Å². The van der Waals surface area contributed by atoms with E-state index in [0.29, 0.717) is 3.53 Å². The molecule has 0 fully saturated rings. The molecule has 0 unspecified atom stereocenters. The monoisotopic (exact) mass is 184 g/mol. The number of rotatable bonds is 1. The fraction of sp³-hybridized carbons (Fsp3) is 0.667. The third-order valence-electron chi connectivity index (χ3n) is 0.287. The molecule has 0 saturated carbocycles. The number of thiol groups is 1. The molecule has 0 amide bonds. The molecule has 0 radical (unpaired) electrons. The topological polar surface area (TPSA) is 0 Å². The molecule has 0 aromatic carbocycles. The van der Waals surface area contributed by atoms with E-state index in [0.717, 1.165) is 17.5 Å². The van der Waals surface area contributed by atoms with Crippen LogP contribution in [0.2, 0.25) is 0 Å². The van der Waals surface area contributed by atoms with Gasteiger partial charge in [0.2, 0.25) is 0 Å². The summed E-state index contributed by atoms with van der Waals surface area (Å²) < 4.78 is 0.678. The van der Waals surface area contributed by atoms with Crippen molar-refractivity contribution in [2.75, 3.05) is 5.75 Å². The van der Waals surface area contributed by atoms with Crippen LogP contribution in [0.15, 0.2) is 0 Å². The first-order chi connectivity index (χ1) is 2.77. The summed E-state index contributed by atoms with van der Waals surface area (Å²) in [5, 5.41) is 0. The second kappa shape index (κ2) is 12.3. The van der Waals surface area contributed by atoms with Gasteiger partial charge in [0.05, 0.1) is 0 Å². The number of hydrogen-bond donors (Lipinski definition) is 0. The van der Waals surface area contributed by atoms with Crippen LogP contribution in [0.1, 0.15) is 6.92 Å². The molecule has 0 aliphatic heterocycles. The molecular formula is C3H6Na2S3. The second-order valence-corrected chi connectivity index (χ2v) is 3.82. The fourth-order valence-electron chi connectivity index (χ4n) is 0.129. The summed E-state index contributed by atoms with van der Waals surface area (Å²) in [4.78, 5) is 0. The number of thiocarbonyl (C=S) groups is 1. The van der Waals surface area contributed by atoms with Crippen LogP contribution in [-0.2, 0) is 24.4 Å². The van der Waals surface area contributed by atoms with Gasteiger partial charge in [-0.05, 0) is 0 Å². The molecule has 0 rings (SSSR count). The van der Waals surface area contributed by atoms with E-state index in [1.807, 2.05) is 0 Å². The van der Waals surface area contributed by atoms with Crippen molar-refractivity contribution >= 4 is 40.1 Å². The van der Waals surface area contributed by atoms with Crippen LogP contribution in [0.3, 0.4) is 0 Å². The van der Waals surface area contributed by atoms with Gasteiger partial charge >= 0.3 is 59.1 Å². The average Bonchev–Trinajstić information content (AvgIpc) is 1.35. The van der Waals surface area contributed by atoms with Gasteiger partial charge in [0.1, 0.15) is 0 Å². The van der Waals surface area contributed by atoms with Crippen LogP contribution in [0.5, 0.6) is 0 Å². The summed E-state index contributed by atoms with van der Waals surface area (Å²) in [6.07, 6.45) is 0. The third kappa shape index (κ3) is 15.9. The van der Waals surface area contributed by atoms with Crippen molar-refractivity contribution in [1.82, 2.24) is 0 Å². The van der Waals surface area contributed by atoms with E-state index in [1.54, 1.807) is 0 Å². The van der Waals surface area contributed by atoms with E-state index < -0.39 is 0 Å². The van der Waals surface area contributed by atoms with Crippen molar-refractivity contribution in [3.63, 3.8) is 0 Å². The molecule has 0 bridgehead atoms. The van der Waals surface area contributed by atoms with Crippen molar-refractivity contribution < 1.29 is 59.1 Å². The van der Waals surface area contributed by atoms with Crippen molar-refractivity contribution in [3.8, 4) is 0 Å². The van der Waals surface area contributed by atoms with Gasteiger partial charge in [0.15, 0.2) is 0 Å². The van der Waals surface area contributed by atoms with Gasteiger partial charge in [0, 0.05) is 0 Å². The van der Waals surface area contributed by atoms with E-state index in [4.69, 9.17) is 0 Å². The summed E-state index contributed by atoms with van der Waals surface area (Å²) >= 11 is 10.3. The first-order valence-electron chi connectivity index (χ1n) is 1.66. The summed E-state index contributed by atoms with van der Waals surface area (Å²) in [6.45, 7) is 2.06. The van der Waals surface area contributed by atoms with Crippen molar-refractivity contribution in [3.05, 3.63) is 0 Å². The standard InChI is InChI=1S/C3H7S3.2Na/c1-2-6-3(4)5;;/h6H,2H2,1H3,(H,4,5);;/q-1;2*+1/p-1. The van der Waals surface area contributed by atoms with Gasteiger partial charge in [-0.1, -0.05) is 6.92 Å². The molecule has 0 atom stereocenters. The maximum atomic E-state index is 4.60. The van der Waals surface area contributed by atoms with Gasteiger partial charge in [-0.3, -0.25) is 3.53 Å². The molecule has 8 heavy (non-hydrogen) atoms. The Hall–Kier alpha value is 2.66. The first-order valence-corrected chi connectivity index (χ1v) is 3.55. The van der Waals surface area contributed by atoms with Gasteiger partial charge in [0.25, 0.3) is 0 Å². The van der Waals surface area contributed by atoms with E-state index in [-0.39, 0.29) is 59.1 Å². The zero-order chi connectivity index (χ0) is 4.99. The Balaban J connectivity index is -0.000000125. The Morgan fingerprint density at radius 3 is 2.00 bits per heavy atom. The summed E-state index contributed by atoms with van der Waals surface area (Å²) in [5.41, 5.74) is 0. The van der Waals surface area contributed by atoms with E-state index >= 15 is 0 Å². The minimum atomic E-state index is 0. The quantitative estimate of drug-likeness (QED) is 0.173. The van der Waals surface area contributed by atoms with Crippen LogP contribution >= 0.6 is 12.2 Å². The zero-order valence-corrected chi connectivity index (χ0v) is 12.0. The molecule has 0 N–H and O–H groups in total. The third-order valence-corrected chi connectivity index (χ3v) is 1.64. The van der Waals surface area contributed by atoms with Crippen LogP contribution in [-0.4, -0.2) is 9.28 Å². The summed E-state index contributed by atoms with van der Waals surface area (Å²) in [5.74, 6) is 1.06. The molecular weight excluding hydrogens is 178 g/mol. The Morgan fingerprint density at radius 1 is 1.62 bits per heavy atom. The predicted octanol–water partition coefficient (Wildman–Crippen LogP) is -5.34. The fourth-order valence-corrected chi connectivity index (χ4v) is 1.16. The average molecular weight is 184 g/mol. The minimum absolute atomic E-state index is 0. The first kappa shape index (κ1) is 17.0. The Labute approximate surface area is 110 Å². The normalized spacial score (nSPS) is 6.62. The molecule has 0 spiro atoms. The minimum Gasteiger partial charge on any atom is -0.519 e. The molecule has 0 heterocycles. The van der Waals surface area contributed by atoms with Crippen LogP contribution in [0.25, 0.3) is 0 Å². The molecule has 0 aromatic rings. The molecule has 0 aliphatic carbocycles. The Kier molecular flexibility index (Phi) is 26.2. The second-order valence-electron chi connectivity index (χ2n) is 0.740. The van der Waals surface area contributed by atoms with E-state index in [9.17, 15) is 0 Å². The maximum Gasteiger partial charge on any atom is 1.00 e. The van der Waals surface area contributed by atoms with Crippen molar-refractivity contribution in [2.24, 2.45) is 0 Å². The molecule has 0 aliphatic rings. The van der Waals surface area contributed by atoms with Crippen molar-refractivity contribution in [2.45, 2.75) is 6.92 Å². The van der Waals surface area contributed by atoms with E-state index in [2.05, 4.69) is 31.8 Å². The molecule has 5 heteroatoms. The van der Waals surface area contributed by atoms with Crippen LogP contribution in [0, 0.1) is 0 Å². The van der Waals surface area contributed by atoms with Gasteiger partial charge in [-0.2, -0.15) is 0 Å². The smallest absolute Gasteiger partial charge is 0.519 e. The Morgan fingerprint density at radius 2 is 2.00 bits per heavy atom. The summed E-state index contributed by atoms with van der Waals surface area (Å²) in [6, 6.07) is 0. The van der Waals surface area contributed by atoms with Gasteiger partial charge in [-0.25, -0.2) is 0 Å². The van der Waals surface area contributed by atoms with Gasteiger partial charge < -0.3 is 36.6 Å². The predicted molar refractivity (Wildman–Crippen MR) is 39.3 cm³/mol. The zero-order valence-electron chi connectivity index (χ0n) is 5.47. The molecule has 38 valence electrons. The van der Waals surface area contributed by atoms with Crippen LogP contribution < -0.4 is 59.1 Å². The molecule has 0 aromatic heterocycles. The maximum absolute atomic E-state index is 4.60. The van der Waals surface area contributed by atoms with E-state index in [1.165, 1.54) is 0 Å². The molecule has 0 saturated heterocycles. The largest absolute Gasteiger partial charge is 1.00 e. The molecule has 0 nitrogen and oxygen atoms in total. The Bertz CT molecular complexity index is 56.5. The van der Waals surface area contributed by atoms with Crippen molar-refractivity contribution in [1.29, 1.82) is 0 Å². The number of hydrogen-bond acceptors (Lipinski definition) is 3. The SMILES string of the molecule is CC[SH-]C(=S)[S-].[Na+].[Na+].